The molecule has 4 nitrogen and oxygen atoms in total. The number of benzene rings is 3. The van der Waals surface area contributed by atoms with Gasteiger partial charge in [-0.1, -0.05) is 72.8 Å². The van der Waals surface area contributed by atoms with Gasteiger partial charge in [0, 0.05) is 24.7 Å². The molecule has 0 unspecified atom stereocenters. The lowest BCUT2D eigenvalue weighted by atomic mass is 10.0. The Kier molecular flexibility index (Phi) is 5.52. The predicted octanol–water partition coefficient (Wildman–Crippen LogP) is 5.46. The van der Waals surface area contributed by atoms with Crippen molar-refractivity contribution in [3.05, 3.63) is 96.7 Å². The average Bonchev–Trinajstić information content (AvgIpc) is 2.80. The lowest BCUT2D eigenvalue weighted by Gasteiger charge is -2.20. The molecule has 29 heavy (non-hydrogen) atoms. The molecule has 0 aliphatic carbocycles. The second-order valence-corrected chi connectivity index (χ2v) is 6.87. The Hall–Kier alpha value is -3.66. The van der Waals surface area contributed by atoms with Crippen molar-refractivity contribution in [3.8, 4) is 28.3 Å². The molecule has 0 saturated heterocycles. The second-order valence-electron chi connectivity index (χ2n) is 6.87. The first-order valence-electron chi connectivity index (χ1n) is 9.56. The zero-order valence-electron chi connectivity index (χ0n) is 16.6. The minimum Gasteiger partial charge on any atom is -0.497 e. The Morgan fingerprint density at radius 3 is 2.10 bits per heavy atom. The van der Waals surface area contributed by atoms with E-state index < -0.39 is 0 Å². The molecule has 3 aromatic carbocycles. The van der Waals surface area contributed by atoms with Gasteiger partial charge in [-0.05, 0) is 17.7 Å². The van der Waals surface area contributed by atoms with Crippen LogP contribution in [0, 0.1) is 0 Å². The molecular weight excluding hydrogens is 358 g/mol. The van der Waals surface area contributed by atoms with Gasteiger partial charge in [-0.15, -0.1) is 0 Å². The molecule has 0 saturated carbocycles. The van der Waals surface area contributed by atoms with Crippen molar-refractivity contribution in [2.75, 3.05) is 19.1 Å². The van der Waals surface area contributed by atoms with Crippen molar-refractivity contribution in [1.82, 2.24) is 9.97 Å². The minimum atomic E-state index is 0.713. The van der Waals surface area contributed by atoms with Gasteiger partial charge >= 0.3 is 0 Å². The fraction of sp³-hybridized carbons (Fsp3) is 0.120. The van der Waals surface area contributed by atoms with E-state index in [0.29, 0.717) is 6.54 Å². The maximum Gasteiger partial charge on any atom is 0.147 e. The van der Waals surface area contributed by atoms with Gasteiger partial charge in [0.1, 0.15) is 11.6 Å². The van der Waals surface area contributed by atoms with Gasteiger partial charge in [0.15, 0.2) is 0 Å². The van der Waals surface area contributed by atoms with E-state index in [1.54, 1.807) is 7.11 Å². The molecule has 1 heterocycles. The summed E-state index contributed by atoms with van der Waals surface area (Å²) < 4.78 is 5.34. The zero-order chi connectivity index (χ0) is 20.1. The van der Waals surface area contributed by atoms with E-state index in [1.807, 2.05) is 67.8 Å². The molecule has 0 radical (unpaired) electrons. The highest BCUT2D eigenvalue weighted by molar-refractivity contribution is 5.78. The third-order valence-corrected chi connectivity index (χ3v) is 4.80. The Morgan fingerprint density at radius 1 is 0.793 bits per heavy atom. The van der Waals surface area contributed by atoms with E-state index >= 15 is 0 Å². The molecule has 0 bridgehead atoms. The first-order chi connectivity index (χ1) is 14.2. The van der Waals surface area contributed by atoms with E-state index in [0.717, 1.165) is 39.6 Å². The summed E-state index contributed by atoms with van der Waals surface area (Å²) in [6.45, 7) is 0.713. The number of rotatable bonds is 6. The van der Waals surface area contributed by atoms with Crippen LogP contribution < -0.4 is 9.64 Å². The van der Waals surface area contributed by atoms with Crippen LogP contribution in [0.15, 0.2) is 91.1 Å². The van der Waals surface area contributed by atoms with Gasteiger partial charge < -0.3 is 9.64 Å². The number of aromatic nitrogens is 2. The van der Waals surface area contributed by atoms with Crippen LogP contribution in [-0.4, -0.2) is 24.1 Å². The molecule has 0 atom stereocenters. The molecule has 0 aliphatic rings. The number of nitrogens with zero attached hydrogens (tertiary/aromatic N) is 3. The normalized spacial score (nSPS) is 10.6. The highest BCUT2D eigenvalue weighted by atomic mass is 16.5. The zero-order valence-corrected chi connectivity index (χ0v) is 16.6. The van der Waals surface area contributed by atoms with Crippen LogP contribution in [0.2, 0.25) is 0 Å². The van der Waals surface area contributed by atoms with Gasteiger partial charge in [0.25, 0.3) is 0 Å². The molecule has 0 N–H and O–H groups in total. The topological polar surface area (TPSA) is 38.2 Å². The summed E-state index contributed by atoms with van der Waals surface area (Å²) in [6.07, 6.45) is 1.84. The van der Waals surface area contributed by atoms with E-state index in [1.165, 1.54) is 0 Å². The summed E-state index contributed by atoms with van der Waals surface area (Å²) in [7, 11) is 3.71. The molecule has 0 aliphatic heterocycles. The smallest absolute Gasteiger partial charge is 0.147 e. The minimum absolute atomic E-state index is 0.713. The van der Waals surface area contributed by atoms with Crippen LogP contribution in [0.3, 0.4) is 0 Å². The summed E-state index contributed by atoms with van der Waals surface area (Å²) in [5.74, 6) is 1.68. The van der Waals surface area contributed by atoms with Crippen molar-refractivity contribution in [1.29, 1.82) is 0 Å². The molecule has 144 valence electrons. The molecule has 4 heteroatoms. The second kappa shape index (κ2) is 8.57. The Bertz CT molecular complexity index is 1080. The molecule has 0 spiro atoms. The summed E-state index contributed by atoms with van der Waals surface area (Å²) >= 11 is 0. The maximum absolute atomic E-state index is 5.34. The van der Waals surface area contributed by atoms with Crippen molar-refractivity contribution < 1.29 is 4.74 Å². The van der Waals surface area contributed by atoms with E-state index in [4.69, 9.17) is 14.7 Å². The monoisotopic (exact) mass is 381 g/mol. The number of hydrogen-bond acceptors (Lipinski definition) is 4. The first-order valence-corrected chi connectivity index (χ1v) is 9.56. The lowest BCUT2D eigenvalue weighted by Crippen LogP contribution is -2.18. The number of hydrogen-bond donors (Lipinski definition) is 0. The highest BCUT2D eigenvalue weighted by Gasteiger charge is 2.14. The summed E-state index contributed by atoms with van der Waals surface area (Å²) in [5, 5.41) is 0. The molecule has 0 fully saturated rings. The van der Waals surface area contributed by atoms with E-state index in [-0.39, 0.29) is 0 Å². The Balaban J connectivity index is 1.71. The van der Waals surface area contributed by atoms with Gasteiger partial charge in [-0.3, -0.25) is 4.98 Å². The summed E-state index contributed by atoms with van der Waals surface area (Å²) in [5.41, 5.74) is 5.03. The van der Waals surface area contributed by atoms with Crippen molar-refractivity contribution >= 4 is 5.82 Å². The Morgan fingerprint density at radius 2 is 1.45 bits per heavy atom. The van der Waals surface area contributed by atoms with Gasteiger partial charge in [0.2, 0.25) is 0 Å². The van der Waals surface area contributed by atoms with Crippen LogP contribution in [-0.2, 0) is 6.54 Å². The third kappa shape index (κ3) is 4.27. The molecule has 4 aromatic rings. The van der Waals surface area contributed by atoms with Crippen LogP contribution in [0.5, 0.6) is 5.75 Å². The van der Waals surface area contributed by atoms with Gasteiger partial charge in [-0.25, -0.2) is 4.98 Å². The van der Waals surface area contributed by atoms with Crippen LogP contribution in [0.4, 0.5) is 5.82 Å². The fourth-order valence-electron chi connectivity index (χ4n) is 3.29. The quantitative estimate of drug-likeness (QED) is 0.445. The number of anilines is 1. The van der Waals surface area contributed by atoms with E-state index in [9.17, 15) is 0 Å². The van der Waals surface area contributed by atoms with Crippen LogP contribution in [0.25, 0.3) is 22.5 Å². The predicted molar refractivity (Wildman–Crippen MR) is 118 cm³/mol. The van der Waals surface area contributed by atoms with Crippen LogP contribution in [0.1, 0.15) is 5.56 Å². The van der Waals surface area contributed by atoms with Gasteiger partial charge in [0.05, 0.1) is 24.7 Å². The first kappa shape index (κ1) is 18.7. The van der Waals surface area contributed by atoms with E-state index in [2.05, 4.69) is 35.2 Å². The third-order valence-electron chi connectivity index (χ3n) is 4.80. The molecular formula is C25H23N3O. The number of methoxy groups -OCH3 is 1. The fourth-order valence-corrected chi connectivity index (χ4v) is 3.29. The molecule has 1 aromatic heterocycles. The standard InChI is InChI=1S/C25H23N3O/c1-28(18-19-10-9-15-22(16-19)29-2)23-17-26-24(20-11-5-3-6-12-20)25(27-23)21-13-7-4-8-14-21/h3-17H,18H2,1-2H3. The largest absolute Gasteiger partial charge is 0.497 e. The SMILES string of the molecule is COc1cccc(CN(C)c2cnc(-c3ccccc3)c(-c3ccccc3)n2)c1. The Labute approximate surface area is 171 Å². The average molecular weight is 381 g/mol. The van der Waals surface area contributed by atoms with Gasteiger partial charge in [-0.2, -0.15) is 0 Å². The van der Waals surface area contributed by atoms with Crippen molar-refractivity contribution in [2.24, 2.45) is 0 Å². The van der Waals surface area contributed by atoms with Crippen molar-refractivity contribution in [2.45, 2.75) is 6.54 Å². The molecule has 4 rings (SSSR count). The number of ether oxygens (including phenoxy) is 1. The summed E-state index contributed by atoms with van der Waals surface area (Å²) in [4.78, 5) is 11.9. The maximum atomic E-state index is 5.34. The summed E-state index contributed by atoms with van der Waals surface area (Å²) in [6, 6.07) is 28.5. The van der Waals surface area contributed by atoms with Crippen molar-refractivity contribution in [3.63, 3.8) is 0 Å². The molecule has 0 amide bonds. The van der Waals surface area contributed by atoms with Crippen LogP contribution >= 0.6 is 0 Å². The lowest BCUT2D eigenvalue weighted by molar-refractivity contribution is 0.414. The highest BCUT2D eigenvalue weighted by Crippen LogP contribution is 2.30.